The maximum absolute atomic E-state index is 17.9. The van der Waals surface area contributed by atoms with Crippen LogP contribution in [0, 0.1) is 11.8 Å². The highest BCUT2D eigenvalue weighted by atomic mass is 19.2. The van der Waals surface area contributed by atoms with E-state index in [-0.39, 0.29) is 11.1 Å². The van der Waals surface area contributed by atoms with Gasteiger partial charge in [0.1, 0.15) is 37.4 Å². The van der Waals surface area contributed by atoms with Gasteiger partial charge < -0.3 is 52.4 Å². The number of Topliss-reactive ketones (excluding diaryl/α,β-unsaturated/α-hetero) is 3. The number of ether oxygens (including phenoxy) is 2. The minimum absolute atomic E-state index is 0.0531. The number of esters is 2. The van der Waals surface area contributed by atoms with Gasteiger partial charge in [0, 0.05) is 0 Å². The number of alkyl halides is 2. The molecule has 0 fully saturated rings. The lowest BCUT2D eigenvalue weighted by Crippen LogP contribution is -2.69. The van der Waals surface area contributed by atoms with Crippen LogP contribution in [0.25, 0.3) is 0 Å². The molecule has 10 N–H and O–H groups in total. The minimum Gasteiger partial charge on any atom is -0.481 e. The standard InChI is InChI=1S/C43H54F2N6O15/c1-21(2)31(46)37(60)48-23(5)35(58)50-27(17-29(52)53)33(56)42(44,40(63)65-19-25-13-9-7-10-14-25)39(62)43(45,41(64)66-20-26-15-11-8-12-16-26)34(57)28(18-30(54)55)51-36(59)24(6)49-38(61)32(47)22(3)4/h7-16,21-24,27-28,31-32H,17-20,46-47H2,1-6H3,(H,48,60)(H,49,61)(H,50,58)(H,51,59)(H,52,53)(H,54,55)/t23-,24-,27-,28-,31-,32-,42?,43?/m0/s1. The summed E-state index contributed by atoms with van der Waals surface area (Å²) in [5.74, 6) is -23.5. The van der Waals surface area contributed by atoms with Crippen LogP contribution in [0.15, 0.2) is 60.7 Å². The molecule has 8 atom stereocenters. The second-order valence-electron chi connectivity index (χ2n) is 15.8. The number of nitrogens with one attached hydrogen (secondary N) is 4. The average molecular weight is 933 g/mol. The third kappa shape index (κ3) is 14.5. The summed E-state index contributed by atoms with van der Waals surface area (Å²) >= 11 is 0. The monoisotopic (exact) mass is 932 g/mol. The molecule has 23 heteroatoms. The fraction of sp³-hybridized carbons (Fsp3) is 0.465. The van der Waals surface area contributed by atoms with Gasteiger partial charge in [-0.2, -0.15) is 0 Å². The zero-order valence-electron chi connectivity index (χ0n) is 36.8. The van der Waals surface area contributed by atoms with E-state index in [1.807, 2.05) is 0 Å². The summed E-state index contributed by atoms with van der Waals surface area (Å²) in [4.78, 5) is 147. The van der Waals surface area contributed by atoms with E-state index in [0.717, 1.165) is 13.8 Å². The number of carboxylic acids is 2. The largest absolute Gasteiger partial charge is 0.481 e. The van der Waals surface area contributed by atoms with Crippen molar-refractivity contribution in [2.24, 2.45) is 23.3 Å². The highest BCUT2D eigenvalue weighted by Crippen LogP contribution is 2.33. The summed E-state index contributed by atoms with van der Waals surface area (Å²) in [5.41, 5.74) is 1.11. The van der Waals surface area contributed by atoms with Crippen molar-refractivity contribution in [2.75, 3.05) is 0 Å². The van der Waals surface area contributed by atoms with Crippen molar-refractivity contribution in [3.8, 4) is 0 Å². The lowest BCUT2D eigenvalue weighted by molar-refractivity contribution is -0.180. The van der Waals surface area contributed by atoms with E-state index < -0.39 is 150 Å². The Morgan fingerprint density at radius 1 is 0.530 bits per heavy atom. The van der Waals surface area contributed by atoms with Crippen molar-refractivity contribution in [3.05, 3.63) is 71.8 Å². The van der Waals surface area contributed by atoms with Crippen LogP contribution < -0.4 is 32.7 Å². The van der Waals surface area contributed by atoms with Crippen LogP contribution in [-0.2, 0) is 75.4 Å². The van der Waals surface area contributed by atoms with E-state index in [1.165, 1.54) is 60.7 Å². The van der Waals surface area contributed by atoms with Crippen molar-refractivity contribution >= 4 is 64.9 Å². The Bertz CT molecular complexity index is 2000. The molecule has 0 aliphatic carbocycles. The van der Waals surface area contributed by atoms with Gasteiger partial charge in [0.2, 0.25) is 41.0 Å². The molecule has 4 amide bonds. The number of rotatable bonds is 26. The molecule has 0 aliphatic rings. The van der Waals surface area contributed by atoms with Gasteiger partial charge in [-0.1, -0.05) is 88.4 Å². The van der Waals surface area contributed by atoms with E-state index in [9.17, 15) is 63.0 Å². The molecule has 66 heavy (non-hydrogen) atoms. The highest BCUT2D eigenvalue weighted by Gasteiger charge is 2.71. The molecule has 21 nitrogen and oxygen atoms in total. The normalized spacial score (nSPS) is 15.7. The number of hydrogen-bond acceptors (Lipinski definition) is 15. The number of carbonyl (C=O) groups is 11. The lowest BCUT2D eigenvalue weighted by Gasteiger charge is -2.32. The Morgan fingerprint density at radius 3 is 1.11 bits per heavy atom. The fourth-order valence-corrected chi connectivity index (χ4v) is 5.69. The third-order valence-corrected chi connectivity index (χ3v) is 9.86. The Hall–Kier alpha value is -7.01. The van der Waals surface area contributed by atoms with Crippen LogP contribution in [0.3, 0.4) is 0 Å². The first-order valence-electron chi connectivity index (χ1n) is 20.3. The summed E-state index contributed by atoms with van der Waals surface area (Å²) in [6.07, 6.45) is -3.34. The molecule has 0 saturated carbocycles. The van der Waals surface area contributed by atoms with Gasteiger partial charge in [0.05, 0.1) is 24.9 Å². The number of aliphatic carboxylic acids is 2. The molecule has 0 aliphatic heterocycles. The first-order valence-corrected chi connectivity index (χ1v) is 20.3. The Morgan fingerprint density at radius 2 is 0.833 bits per heavy atom. The van der Waals surface area contributed by atoms with Gasteiger partial charge in [-0.3, -0.25) is 43.2 Å². The SMILES string of the molecule is CC(C)[C@H](N)C(=O)N[C@@H](C)C(=O)N[C@@H](CC(=O)O)C(=O)C(F)(C(=O)OCc1ccccc1)C(=O)C(F)(C(=O)OCc1ccccc1)C(=O)[C@H](CC(=O)O)NC(=O)[C@H](C)NC(=O)[C@@H](N)C(C)C. The molecule has 0 saturated heterocycles. The van der Waals surface area contributed by atoms with Crippen molar-refractivity contribution in [1.82, 2.24) is 21.3 Å². The van der Waals surface area contributed by atoms with Gasteiger partial charge in [-0.15, -0.1) is 0 Å². The van der Waals surface area contributed by atoms with E-state index in [2.05, 4.69) is 10.6 Å². The van der Waals surface area contributed by atoms with Crippen LogP contribution in [0.4, 0.5) is 8.78 Å². The van der Waals surface area contributed by atoms with Crippen molar-refractivity contribution < 1.29 is 81.2 Å². The van der Waals surface area contributed by atoms with Crippen LogP contribution in [0.2, 0.25) is 0 Å². The van der Waals surface area contributed by atoms with Crippen LogP contribution >= 0.6 is 0 Å². The fourth-order valence-electron chi connectivity index (χ4n) is 5.69. The molecular weight excluding hydrogens is 878 g/mol. The predicted molar refractivity (Wildman–Crippen MR) is 224 cm³/mol. The zero-order valence-corrected chi connectivity index (χ0v) is 36.8. The molecule has 2 rings (SSSR count). The number of amides is 4. The molecule has 0 bridgehead atoms. The summed E-state index contributed by atoms with van der Waals surface area (Å²) in [5, 5.41) is 27.3. The quantitative estimate of drug-likeness (QED) is 0.0435. The number of halogens is 2. The maximum Gasteiger partial charge on any atom is 0.360 e. The Kier molecular flexibility index (Phi) is 20.3. The molecule has 0 spiro atoms. The van der Waals surface area contributed by atoms with Crippen LogP contribution in [0.5, 0.6) is 0 Å². The van der Waals surface area contributed by atoms with Crippen molar-refractivity contribution in [1.29, 1.82) is 0 Å². The molecule has 360 valence electrons. The summed E-state index contributed by atoms with van der Waals surface area (Å²) < 4.78 is 45.7. The highest BCUT2D eigenvalue weighted by molar-refractivity contribution is 6.40. The van der Waals surface area contributed by atoms with Gasteiger partial charge >= 0.3 is 35.2 Å². The first-order chi connectivity index (χ1) is 30.7. The minimum atomic E-state index is -5.29. The van der Waals surface area contributed by atoms with E-state index >= 15 is 8.78 Å². The second-order valence-corrected chi connectivity index (χ2v) is 15.8. The van der Waals surface area contributed by atoms with E-state index in [0.29, 0.717) is 0 Å². The first kappa shape index (κ1) is 55.1. The molecule has 2 aromatic carbocycles. The molecule has 0 heterocycles. The summed E-state index contributed by atoms with van der Waals surface area (Å²) in [7, 11) is 0. The predicted octanol–water partition coefficient (Wildman–Crippen LogP) is -0.508. The third-order valence-electron chi connectivity index (χ3n) is 9.86. The van der Waals surface area contributed by atoms with Crippen LogP contribution in [-0.4, -0.2) is 123 Å². The van der Waals surface area contributed by atoms with Crippen LogP contribution in [0.1, 0.15) is 65.5 Å². The van der Waals surface area contributed by atoms with Gasteiger partial charge in [-0.25, -0.2) is 18.4 Å². The molecule has 0 radical (unpaired) electrons. The average Bonchev–Trinajstić information content (AvgIpc) is 3.27. The Labute approximate surface area is 377 Å². The van der Waals surface area contributed by atoms with Crippen molar-refractivity contribution in [2.45, 2.75) is 115 Å². The second kappa shape index (κ2) is 24.3. The maximum atomic E-state index is 17.9. The number of nitrogens with two attached hydrogens (primary N) is 2. The number of ketones is 3. The van der Waals surface area contributed by atoms with Crippen molar-refractivity contribution in [3.63, 3.8) is 0 Å². The smallest absolute Gasteiger partial charge is 0.360 e. The van der Waals surface area contributed by atoms with E-state index in [1.54, 1.807) is 38.3 Å². The molecule has 2 aromatic rings. The molecular formula is C43H54F2N6O15. The number of benzene rings is 2. The lowest BCUT2D eigenvalue weighted by atomic mass is 9.77. The number of hydrogen-bond donors (Lipinski definition) is 8. The summed E-state index contributed by atoms with van der Waals surface area (Å²) in [6.45, 7) is 6.27. The van der Waals surface area contributed by atoms with Gasteiger partial charge in [0.25, 0.3) is 0 Å². The van der Waals surface area contributed by atoms with Gasteiger partial charge in [-0.05, 0) is 36.8 Å². The van der Waals surface area contributed by atoms with E-state index in [4.69, 9.17) is 20.9 Å². The summed E-state index contributed by atoms with van der Waals surface area (Å²) in [6, 6.07) is 2.35. The molecule has 2 unspecified atom stereocenters. The Balaban J connectivity index is 2.87. The topological polar surface area (TPSA) is 347 Å². The zero-order chi connectivity index (χ0) is 50.3. The number of carbonyl (C=O) groups excluding carboxylic acids is 9. The number of carboxylic acid groups (broad SMARTS) is 2. The molecule has 0 aromatic heterocycles. The van der Waals surface area contributed by atoms with Gasteiger partial charge in [0.15, 0.2) is 0 Å².